The third-order valence-corrected chi connectivity index (χ3v) is 6.29. The van der Waals surface area contributed by atoms with Crippen molar-refractivity contribution in [1.82, 2.24) is 9.55 Å². The van der Waals surface area contributed by atoms with Gasteiger partial charge in [0.2, 0.25) is 0 Å². The van der Waals surface area contributed by atoms with Crippen molar-refractivity contribution in [3.63, 3.8) is 0 Å². The van der Waals surface area contributed by atoms with Gasteiger partial charge in [0, 0.05) is 30.0 Å². The highest BCUT2D eigenvalue weighted by atomic mass is 127. The fourth-order valence-corrected chi connectivity index (χ4v) is 3.21. The summed E-state index contributed by atoms with van der Waals surface area (Å²) in [4.78, 5) is 48.8. The monoisotopic (exact) mass is 590 g/mol. The molecule has 0 unspecified atom stereocenters. The lowest BCUT2D eigenvalue weighted by Gasteiger charge is -2.17. The molecule has 9 nitrogen and oxygen atoms in total. The van der Waals surface area contributed by atoms with Gasteiger partial charge in [-0.05, 0) is 26.7 Å². The maximum Gasteiger partial charge on any atom is 0.330 e. The Kier molecular flexibility index (Phi) is 7.40. The van der Waals surface area contributed by atoms with Gasteiger partial charge in [-0.1, -0.05) is 22.6 Å². The molecule has 0 radical (unpaired) electrons. The summed E-state index contributed by atoms with van der Waals surface area (Å²) in [6.07, 6.45) is -0.586. The number of halogens is 2. The Bertz CT molecular complexity index is 845. The molecule has 0 bridgehead atoms. The predicted octanol–water partition coefficient (Wildman–Crippen LogP) is 1.49. The van der Waals surface area contributed by atoms with E-state index in [-0.39, 0.29) is 13.0 Å². The van der Waals surface area contributed by atoms with E-state index in [9.17, 15) is 19.2 Å². The Labute approximate surface area is 175 Å². The first-order valence-electron chi connectivity index (χ1n) is 7.50. The molecule has 0 aromatic carbocycles. The van der Waals surface area contributed by atoms with Crippen LogP contribution >= 0.6 is 45.2 Å². The van der Waals surface area contributed by atoms with Gasteiger partial charge in [-0.25, -0.2) is 4.79 Å². The van der Waals surface area contributed by atoms with Crippen LogP contribution in [0, 0.1) is 0 Å². The van der Waals surface area contributed by atoms with Crippen LogP contribution in [0.1, 0.15) is 32.1 Å². The molecule has 0 aliphatic carbocycles. The minimum atomic E-state index is -0.776. The van der Waals surface area contributed by atoms with Crippen LogP contribution in [-0.2, 0) is 23.8 Å². The average molecular weight is 590 g/mol. The molecule has 26 heavy (non-hydrogen) atoms. The summed E-state index contributed by atoms with van der Waals surface area (Å²) in [5.41, 5.74) is -0.832. The molecule has 1 saturated heterocycles. The molecule has 11 heteroatoms. The van der Waals surface area contributed by atoms with Gasteiger partial charge in [-0.15, -0.1) is 0 Å². The Hall–Kier alpha value is -1.22. The summed E-state index contributed by atoms with van der Waals surface area (Å²) in [7, 11) is 0. The maximum atomic E-state index is 12.2. The number of ether oxygens (including phenoxy) is 3. The molecule has 1 aliphatic rings. The average Bonchev–Trinajstić information content (AvgIpc) is 2.94. The number of aromatic amines is 1. The molecule has 1 aromatic heterocycles. The molecule has 3 atom stereocenters. The fraction of sp³-hybridized carbons (Fsp3) is 0.467. The Morgan fingerprint density at radius 1 is 1.38 bits per heavy atom. The zero-order chi connectivity index (χ0) is 19.4. The number of hydrogen-bond acceptors (Lipinski definition) is 7. The third-order valence-electron chi connectivity index (χ3n) is 3.58. The van der Waals surface area contributed by atoms with E-state index in [2.05, 4.69) is 4.98 Å². The molecule has 2 rings (SSSR count). The second kappa shape index (κ2) is 9.12. The highest BCUT2D eigenvalue weighted by Crippen LogP contribution is 2.31. The first-order valence-corrected chi connectivity index (χ1v) is 9.83. The van der Waals surface area contributed by atoms with Crippen molar-refractivity contribution < 1.29 is 23.8 Å². The second-order valence-corrected chi connectivity index (χ2v) is 7.27. The number of carbonyl (C=O) groups excluding carboxylic acids is 2. The van der Waals surface area contributed by atoms with Crippen molar-refractivity contribution in [3.05, 3.63) is 36.7 Å². The van der Waals surface area contributed by atoms with Gasteiger partial charge in [0.25, 0.3) is 5.56 Å². The number of nitrogens with zero attached hydrogens (tertiary/aromatic N) is 1. The molecular weight excluding hydrogens is 574 g/mol. The lowest BCUT2D eigenvalue weighted by atomic mass is 10.2. The molecule has 1 aliphatic heterocycles. The fourth-order valence-electron chi connectivity index (χ4n) is 2.49. The number of H-pyrrole nitrogens is 1. The number of carbonyl (C=O) groups is 2. The van der Waals surface area contributed by atoms with Crippen LogP contribution in [0.4, 0.5) is 0 Å². The topological polar surface area (TPSA) is 117 Å². The van der Waals surface area contributed by atoms with Crippen LogP contribution in [-0.4, -0.2) is 40.3 Å². The van der Waals surface area contributed by atoms with Gasteiger partial charge >= 0.3 is 17.6 Å². The van der Waals surface area contributed by atoms with E-state index < -0.39 is 41.6 Å². The molecule has 1 N–H and O–H groups in total. The van der Waals surface area contributed by atoms with Gasteiger partial charge in [0.15, 0.2) is 0 Å². The number of rotatable bonds is 5. The lowest BCUT2D eigenvalue weighted by Crippen LogP contribution is -2.34. The summed E-state index contributed by atoms with van der Waals surface area (Å²) >= 11 is 3.98. The molecule has 1 fully saturated rings. The zero-order valence-corrected chi connectivity index (χ0v) is 18.2. The van der Waals surface area contributed by atoms with Gasteiger partial charge in [-0.2, -0.15) is 0 Å². The molecule has 2 heterocycles. The van der Waals surface area contributed by atoms with E-state index in [1.54, 1.807) is 4.08 Å². The van der Waals surface area contributed by atoms with Gasteiger partial charge in [0.1, 0.15) is 25.0 Å². The summed E-state index contributed by atoms with van der Waals surface area (Å²) in [6, 6.07) is 0. The second-order valence-electron chi connectivity index (χ2n) is 5.48. The van der Waals surface area contributed by atoms with E-state index in [1.807, 2.05) is 45.2 Å². The summed E-state index contributed by atoms with van der Waals surface area (Å²) < 4.78 is 19.5. The minimum absolute atomic E-state index is 0.111. The van der Waals surface area contributed by atoms with Crippen molar-refractivity contribution >= 4 is 60.7 Å². The van der Waals surface area contributed by atoms with Crippen molar-refractivity contribution in [2.75, 3.05) is 6.61 Å². The van der Waals surface area contributed by atoms with Crippen molar-refractivity contribution in [3.8, 4) is 0 Å². The van der Waals surface area contributed by atoms with Crippen LogP contribution in [0.3, 0.4) is 0 Å². The molecule has 0 spiro atoms. The lowest BCUT2D eigenvalue weighted by molar-refractivity contribution is -0.155. The summed E-state index contributed by atoms with van der Waals surface area (Å²) in [5, 5.41) is 0. The van der Waals surface area contributed by atoms with Crippen molar-refractivity contribution in [2.24, 2.45) is 0 Å². The SMILES string of the molecule is CC(=O)OC[C@H]1O[C@@H](n2cc(C(I)=CI)c(=O)[nH]c2=O)C[C@@H]1OC(C)=O. The Balaban J connectivity index is 2.33. The van der Waals surface area contributed by atoms with E-state index in [1.165, 1.54) is 24.6 Å². The molecule has 0 saturated carbocycles. The smallest absolute Gasteiger partial charge is 0.330 e. The number of nitrogens with one attached hydrogen (secondary N) is 1. The maximum absolute atomic E-state index is 12.2. The normalized spacial score (nSPS) is 22.9. The van der Waals surface area contributed by atoms with Crippen LogP contribution in [0.5, 0.6) is 0 Å². The van der Waals surface area contributed by atoms with Crippen LogP contribution < -0.4 is 11.2 Å². The highest BCUT2D eigenvalue weighted by molar-refractivity contribution is 14.1. The number of esters is 2. The minimum Gasteiger partial charge on any atom is -0.463 e. The highest BCUT2D eigenvalue weighted by Gasteiger charge is 2.39. The van der Waals surface area contributed by atoms with E-state index in [0.29, 0.717) is 9.14 Å². The summed E-state index contributed by atoms with van der Waals surface area (Å²) in [5.74, 6) is -1.01. The van der Waals surface area contributed by atoms with Crippen LogP contribution in [0.15, 0.2) is 19.9 Å². The third kappa shape index (κ3) is 5.16. The molecular formula is C15H16I2N2O7. The first-order chi connectivity index (χ1) is 12.2. The number of aromatic nitrogens is 2. The first kappa shape index (κ1) is 21.1. The molecule has 1 aromatic rings. The van der Waals surface area contributed by atoms with Gasteiger partial charge in [0.05, 0.1) is 5.56 Å². The van der Waals surface area contributed by atoms with Crippen molar-refractivity contribution in [2.45, 2.75) is 38.7 Å². The van der Waals surface area contributed by atoms with Crippen LogP contribution in [0.2, 0.25) is 0 Å². The predicted molar refractivity (Wildman–Crippen MR) is 108 cm³/mol. The largest absolute Gasteiger partial charge is 0.463 e. The van der Waals surface area contributed by atoms with E-state index in [4.69, 9.17) is 14.2 Å². The molecule has 142 valence electrons. The summed E-state index contributed by atoms with van der Waals surface area (Å²) in [6.45, 7) is 2.40. The number of hydrogen-bond donors (Lipinski definition) is 1. The van der Waals surface area contributed by atoms with Crippen LogP contribution in [0.25, 0.3) is 3.58 Å². The zero-order valence-electron chi connectivity index (χ0n) is 13.9. The quantitative estimate of drug-likeness (QED) is 0.408. The van der Waals surface area contributed by atoms with Crippen molar-refractivity contribution in [1.29, 1.82) is 0 Å². The van der Waals surface area contributed by atoms with Gasteiger partial charge < -0.3 is 14.2 Å². The van der Waals surface area contributed by atoms with E-state index >= 15 is 0 Å². The standard InChI is InChI=1S/C15H16I2N2O7/c1-7(20)24-6-12-11(25-8(2)21)3-13(26-12)19-5-9(10(17)4-16)14(22)18-15(19)23/h4-5,11-13H,3,6H2,1-2H3,(H,18,22,23)/t11-,12+,13+/m0/s1. The van der Waals surface area contributed by atoms with E-state index in [0.717, 1.165) is 0 Å². The molecule has 0 amide bonds. The Morgan fingerprint density at radius 2 is 2.08 bits per heavy atom. The van der Waals surface area contributed by atoms with Gasteiger partial charge in [-0.3, -0.25) is 23.9 Å². The Morgan fingerprint density at radius 3 is 2.65 bits per heavy atom.